The number of para-hydroxylation sites is 1. The normalized spacial score (nSPS) is 11.0. The molecule has 0 atom stereocenters. The number of carbonyl (C=O) groups is 1. The Balaban J connectivity index is 1.37. The fourth-order valence-electron chi connectivity index (χ4n) is 3.23. The van der Waals surface area contributed by atoms with Gasteiger partial charge in [-0.15, -0.1) is 0 Å². The summed E-state index contributed by atoms with van der Waals surface area (Å²) in [4.78, 5) is 12.6. The highest BCUT2D eigenvalue weighted by Gasteiger charge is 2.16. The largest absolute Gasteiger partial charge is 0.484 e. The van der Waals surface area contributed by atoms with Gasteiger partial charge in [-0.05, 0) is 79.2 Å². The molecule has 2 N–H and O–H groups in total. The van der Waals surface area contributed by atoms with Crippen molar-refractivity contribution in [1.29, 1.82) is 0 Å². The van der Waals surface area contributed by atoms with E-state index >= 15 is 0 Å². The highest BCUT2D eigenvalue weighted by Crippen LogP contribution is 2.32. The van der Waals surface area contributed by atoms with Gasteiger partial charge in [0.2, 0.25) is 0 Å². The zero-order valence-electron chi connectivity index (χ0n) is 19.6. The number of amides is 1. The summed E-state index contributed by atoms with van der Waals surface area (Å²) in [5.41, 5.74) is 1.57. The molecule has 4 rings (SSSR count). The van der Waals surface area contributed by atoms with Crippen LogP contribution in [0.4, 0.5) is 11.4 Å². The molecule has 7 nitrogen and oxygen atoms in total. The summed E-state index contributed by atoms with van der Waals surface area (Å²) in [6.07, 6.45) is 0. The van der Waals surface area contributed by atoms with E-state index in [0.29, 0.717) is 38.7 Å². The number of aryl methyl sites for hydroxylation is 1. The molecule has 1 amide bonds. The van der Waals surface area contributed by atoms with E-state index in [4.69, 9.17) is 32.7 Å². The van der Waals surface area contributed by atoms with Crippen molar-refractivity contribution in [3.63, 3.8) is 0 Å². The van der Waals surface area contributed by atoms with Crippen LogP contribution < -0.4 is 19.5 Å². The highest BCUT2D eigenvalue weighted by molar-refractivity contribution is 7.92. The van der Waals surface area contributed by atoms with Crippen LogP contribution in [0.25, 0.3) is 0 Å². The quantitative estimate of drug-likeness (QED) is 0.233. The number of ether oxygens (including phenoxy) is 2. The zero-order valence-corrected chi connectivity index (χ0v) is 21.9. The lowest BCUT2D eigenvalue weighted by Crippen LogP contribution is -2.20. The number of benzene rings is 4. The van der Waals surface area contributed by atoms with Gasteiger partial charge in [0.25, 0.3) is 15.9 Å². The average molecular weight is 557 g/mol. The van der Waals surface area contributed by atoms with Crippen molar-refractivity contribution >= 4 is 50.5 Å². The number of hydrogen-bond acceptors (Lipinski definition) is 5. The van der Waals surface area contributed by atoms with Gasteiger partial charge in [-0.2, -0.15) is 0 Å². The molecule has 0 aliphatic carbocycles. The predicted octanol–water partition coefficient (Wildman–Crippen LogP) is 6.91. The van der Waals surface area contributed by atoms with E-state index in [9.17, 15) is 13.2 Å². The van der Waals surface area contributed by atoms with E-state index in [2.05, 4.69) is 10.0 Å². The second kappa shape index (κ2) is 11.6. The SMILES string of the molecule is Cc1ccc(NS(=O)(=O)c2ccc(OCC(=O)Nc3cc(Cl)ccc3Oc3ccccc3)cc2)cc1Cl. The molecule has 190 valence electrons. The first-order chi connectivity index (χ1) is 17.7. The molecule has 0 aromatic heterocycles. The summed E-state index contributed by atoms with van der Waals surface area (Å²) in [7, 11) is -3.84. The molecular weight excluding hydrogens is 535 g/mol. The van der Waals surface area contributed by atoms with E-state index in [1.807, 2.05) is 25.1 Å². The van der Waals surface area contributed by atoms with Crippen LogP contribution in [-0.2, 0) is 14.8 Å². The van der Waals surface area contributed by atoms with Gasteiger partial charge in [0, 0.05) is 10.0 Å². The maximum atomic E-state index is 12.7. The molecule has 0 heterocycles. The van der Waals surface area contributed by atoms with Gasteiger partial charge in [-0.1, -0.05) is 47.5 Å². The van der Waals surface area contributed by atoms with E-state index in [0.717, 1.165) is 5.56 Å². The molecule has 0 bridgehead atoms. The number of carbonyl (C=O) groups excluding carboxylic acids is 1. The van der Waals surface area contributed by atoms with E-state index in [-0.39, 0.29) is 11.5 Å². The first-order valence-electron chi connectivity index (χ1n) is 11.0. The molecule has 37 heavy (non-hydrogen) atoms. The number of sulfonamides is 1. The molecule has 0 saturated carbocycles. The first kappa shape index (κ1) is 26.3. The number of anilines is 2. The van der Waals surface area contributed by atoms with Crippen LogP contribution in [0, 0.1) is 6.92 Å². The highest BCUT2D eigenvalue weighted by atomic mass is 35.5. The minimum absolute atomic E-state index is 0.0302. The maximum absolute atomic E-state index is 12.7. The maximum Gasteiger partial charge on any atom is 0.262 e. The number of hydrogen-bond donors (Lipinski definition) is 2. The topological polar surface area (TPSA) is 93.7 Å². The Morgan fingerprint density at radius 2 is 1.59 bits per heavy atom. The monoisotopic (exact) mass is 556 g/mol. The van der Waals surface area contributed by atoms with Crippen LogP contribution in [0.5, 0.6) is 17.2 Å². The minimum Gasteiger partial charge on any atom is -0.484 e. The van der Waals surface area contributed by atoms with Crippen molar-refractivity contribution in [1.82, 2.24) is 0 Å². The fourth-order valence-corrected chi connectivity index (χ4v) is 4.63. The summed E-state index contributed by atoms with van der Waals surface area (Å²) < 4.78 is 39.2. The Hall–Kier alpha value is -3.72. The Kier molecular flexibility index (Phi) is 8.23. The smallest absolute Gasteiger partial charge is 0.262 e. The summed E-state index contributed by atoms with van der Waals surface area (Å²) >= 11 is 12.2. The molecule has 4 aromatic rings. The molecule has 0 radical (unpaired) electrons. The Morgan fingerprint density at radius 3 is 2.30 bits per heavy atom. The van der Waals surface area contributed by atoms with Gasteiger partial charge in [-0.25, -0.2) is 8.42 Å². The zero-order chi connectivity index (χ0) is 26.4. The van der Waals surface area contributed by atoms with Crippen molar-refractivity contribution < 1.29 is 22.7 Å². The minimum atomic E-state index is -3.84. The van der Waals surface area contributed by atoms with Crippen LogP contribution in [-0.4, -0.2) is 20.9 Å². The Morgan fingerprint density at radius 1 is 0.865 bits per heavy atom. The molecule has 0 spiro atoms. The van der Waals surface area contributed by atoms with Crippen molar-refractivity contribution in [3.05, 3.63) is 107 Å². The van der Waals surface area contributed by atoms with Gasteiger partial charge < -0.3 is 14.8 Å². The fraction of sp³-hybridized carbons (Fsp3) is 0.0741. The second-order valence-electron chi connectivity index (χ2n) is 7.93. The van der Waals surface area contributed by atoms with Gasteiger partial charge >= 0.3 is 0 Å². The van der Waals surface area contributed by atoms with Gasteiger partial charge in [0.15, 0.2) is 12.4 Å². The molecular formula is C27H22Cl2N2O5S. The third kappa shape index (κ3) is 7.16. The van der Waals surface area contributed by atoms with Gasteiger partial charge in [0.05, 0.1) is 16.3 Å². The number of rotatable bonds is 9. The molecule has 0 aliphatic heterocycles. The first-order valence-corrected chi connectivity index (χ1v) is 13.3. The van der Waals surface area contributed by atoms with E-state index < -0.39 is 15.9 Å². The lowest BCUT2D eigenvalue weighted by Gasteiger charge is -2.13. The lowest BCUT2D eigenvalue weighted by molar-refractivity contribution is -0.118. The summed E-state index contributed by atoms with van der Waals surface area (Å²) in [5, 5.41) is 3.61. The van der Waals surface area contributed by atoms with Crippen molar-refractivity contribution in [2.75, 3.05) is 16.6 Å². The molecule has 4 aromatic carbocycles. The third-order valence-electron chi connectivity index (χ3n) is 5.11. The van der Waals surface area contributed by atoms with Gasteiger partial charge in [-0.3, -0.25) is 9.52 Å². The van der Waals surface area contributed by atoms with Crippen LogP contribution in [0.3, 0.4) is 0 Å². The van der Waals surface area contributed by atoms with Crippen LogP contribution in [0.2, 0.25) is 10.0 Å². The van der Waals surface area contributed by atoms with Crippen LogP contribution in [0.15, 0.2) is 95.9 Å². The van der Waals surface area contributed by atoms with Crippen LogP contribution in [0.1, 0.15) is 5.56 Å². The average Bonchev–Trinajstić information content (AvgIpc) is 2.87. The predicted molar refractivity (Wildman–Crippen MR) is 146 cm³/mol. The number of halogens is 2. The third-order valence-corrected chi connectivity index (χ3v) is 7.15. The molecule has 10 heteroatoms. The second-order valence-corrected chi connectivity index (χ2v) is 10.5. The van der Waals surface area contributed by atoms with E-state index in [1.165, 1.54) is 24.3 Å². The van der Waals surface area contributed by atoms with E-state index in [1.54, 1.807) is 48.5 Å². The summed E-state index contributed by atoms with van der Waals surface area (Å²) in [6, 6.07) is 24.6. The number of nitrogens with one attached hydrogen (secondary N) is 2. The van der Waals surface area contributed by atoms with Gasteiger partial charge in [0.1, 0.15) is 11.5 Å². The summed E-state index contributed by atoms with van der Waals surface area (Å²) in [6.45, 7) is 1.51. The summed E-state index contributed by atoms with van der Waals surface area (Å²) in [5.74, 6) is 0.890. The molecule has 0 unspecified atom stereocenters. The van der Waals surface area contributed by atoms with Crippen molar-refractivity contribution in [3.8, 4) is 17.2 Å². The Labute approximate surface area is 225 Å². The van der Waals surface area contributed by atoms with Crippen LogP contribution >= 0.6 is 23.2 Å². The standard InChI is InChI=1S/C27H22Cl2N2O5S/c1-18-7-9-20(16-24(18)29)31-37(33,34)23-12-10-21(11-13-23)35-17-27(32)30-25-15-19(28)8-14-26(25)36-22-5-3-2-4-6-22/h2-16,31H,17H2,1H3,(H,30,32). The molecule has 0 fully saturated rings. The molecule has 0 aliphatic rings. The Bertz CT molecular complexity index is 1510. The van der Waals surface area contributed by atoms with Crippen molar-refractivity contribution in [2.24, 2.45) is 0 Å². The van der Waals surface area contributed by atoms with Crippen molar-refractivity contribution in [2.45, 2.75) is 11.8 Å². The lowest BCUT2D eigenvalue weighted by atomic mass is 10.2. The molecule has 0 saturated heterocycles.